The van der Waals surface area contributed by atoms with Crippen LogP contribution in [-0.4, -0.2) is 17.7 Å². The fourth-order valence-electron chi connectivity index (χ4n) is 3.02. The molecule has 2 aliphatic rings. The van der Waals surface area contributed by atoms with Gasteiger partial charge in [0.05, 0.1) is 0 Å². The molecule has 1 aromatic rings. The van der Waals surface area contributed by atoms with Gasteiger partial charge in [-0.3, -0.25) is 0 Å². The first kappa shape index (κ1) is 11.9. The lowest BCUT2D eigenvalue weighted by Gasteiger charge is -2.37. The molecule has 2 atom stereocenters. The molecule has 0 radical (unpaired) electrons. The fraction of sp³-hybridized carbons (Fsp3) is 0.538. The summed E-state index contributed by atoms with van der Waals surface area (Å²) in [6.07, 6.45) is 4.92. The standard InChI is InChI=1S/C13H17NO.BrH/c15-12-4-3-9-8-13-10(2-1-5-14-13)6-11(9)7-12;/h3-4,7,10,13-15H,1-2,5-6,8H2;1H/t10-,13-;/m0./s1. The van der Waals surface area contributed by atoms with Gasteiger partial charge in [-0.25, -0.2) is 0 Å². The SMILES string of the molecule is Br.Oc1ccc2c(c1)C[C@@H]1CCCN[C@H]1C2. The molecule has 0 aromatic heterocycles. The number of hydrogen-bond donors (Lipinski definition) is 2. The number of hydrogen-bond acceptors (Lipinski definition) is 2. The third-order valence-corrected chi connectivity index (χ3v) is 3.84. The Kier molecular flexibility index (Phi) is 3.55. The first-order valence-corrected chi connectivity index (χ1v) is 5.87. The second-order valence-electron chi connectivity index (χ2n) is 4.82. The van der Waals surface area contributed by atoms with Gasteiger partial charge in [-0.2, -0.15) is 0 Å². The van der Waals surface area contributed by atoms with Crippen molar-refractivity contribution in [3.8, 4) is 5.75 Å². The summed E-state index contributed by atoms with van der Waals surface area (Å²) in [4.78, 5) is 0. The molecular formula is C13H18BrNO. The van der Waals surface area contributed by atoms with Crippen molar-refractivity contribution >= 4 is 17.0 Å². The first-order valence-electron chi connectivity index (χ1n) is 5.87. The van der Waals surface area contributed by atoms with E-state index in [9.17, 15) is 5.11 Å². The van der Waals surface area contributed by atoms with E-state index in [1.165, 1.54) is 30.5 Å². The lowest BCUT2D eigenvalue weighted by atomic mass is 9.76. The summed E-state index contributed by atoms with van der Waals surface area (Å²) in [5.41, 5.74) is 2.78. The summed E-state index contributed by atoms with van der Waals surface area (Å²) in [5, 5.41) is 13.1. The topological polar surface area (TPSA) is 32.3 Å². The van der Waals surface area contributed by atoms with E-state index >= 15 is 0 Å². The smallest absolute Gasteiger partial charge is 0.115 e. The molecule has 0 saturated carbocycles. The van der Waals surface area contributed by atoms with E-state index in [0.29, 0.717) is 11.8 Å². The zero-order chi connectivity index (χ0) is 10.3. The molecule has 3 rings (SSSR count). The highest BCUT2D eigenvalue weighted by atomic mass is 79.9. The zero-order valence-electron chi connectivity index (χ0n) is 9.28. The van der Waals surface area contributed by atoms with Gasteiger partial charge in [0.2, 0.25) is 0 Å². The van der Waals surface area contributed by atoms with Gasteiger partial charge >= 0.3 is 0 Å². The van der Waals surface area contributed by atoms with E-state index in [4.69, 9.17) is 0 Å². The van der Waals surface area contributed by atoms with Crippen LogP contribution in [0.2, 0.25) is 0 Å². The van der Waals surface area contributed by atoms with Crippen molar-refractivity contribution in [2.24, 2.45) is 5.92 Å². The van der Waals surface area contributed by atoms with Gasteiger partial charge in [0.1, 0.15) is 5.75 Å². The number of fused-ring (bicyclic) bond motifs is 2. The van der Waals surface area contributed by atoms with Crippen LogP contribution in [-0.2, 0) is 12.8 Å². The number of benzene rings is 1. The summed E-state index contributed by atoms with van der Waals surface area (Å²) in [6, 6.07) is 6.51. The quantitative estimate of drug-likeness (QED) is 0.767. The molecule has 16 heavy (non-hydrogen) atoms. The highest BCUT2D eigenvalue weighted by Crippen LogP contribution is 2.32. The molecule has 0 unspecified atom stereocenters. The molecule has 3 heteroatoms. The van der Waals surface area contributed by atoms with Crippen LogP contribution in [0.5, 0.6) is 5.75 Å². The Morgan fingerprint density at radius 1 is 1.19 bits per heavy atom. The van der Waals surface area contributed by atoms with Crippen LogP contribution in [0.3, 0.4) is 0 Å². The number of nitrogens with one attached hydrogen (secondary N) is 1. The van der Waals surface area contributed by atoms with Crippen LogP contribution in [0.25, 0.3) is 0 Å². The van der Waals surface area contributed by atoms with E-state index in [2.05, 4.69) is 11.4 Å². The van der Waals surface area contributed by atoms with Gasteiger partial charge in [-0.15, -0.1) is 17.0 Å². The van der Waals surface area contributed by atoms with Gasteiger partial charge in [-0.1, -0.05) is 6.07 Å². The van der Waals surface area contributed by atoms with E-state index in [-0.39, 0.29) is 17.0 Å². The number of halogens is 1. The minimum absolute atomic E-state index is 0. The van der Waals surface area contributed by atoms with Crippen molar-refractivity contribution in [1.82, 2.24) is 5.32 Å². The van der Waals surface area contributed by atoms with Crippen molar-refractivity contribution in [3.63, 3.8) is 0 Å². The molecule has 0 bridgehead atoms. The van der Waals surface area contributed by atoms with Crippen LogP contribution in [0, 0.1) is 5.92 Å². The Hall–Kier alpha value is -0.540. The van der Waals surface area contributed by atoms with E-state index in [1.807, 2.05) is 12.1 Å². The van der Waals surface area contributed by atoms with Crippen LogP contribution in [0.4, 0.5) is 0 Å². The average Bonchev–Trinajstić information content (AvgIpc) is 2.26. The monoisotopic (exact) mass is 283 g/mol. The highest BCUT2D eigenvalue weighted by Gasteiger charge is 2.30. The molecule has 1 heterocycles. The van der Waals surface area contributed by atoms with E-state index in [0.717, 1.165) is 18.8 Å². The maximum atomic E-state index is 9.47. The Balaban J connectivity index is 0.000000963. The fourth-order valence-corrected chi connectivity index (χ4v) is 3.02. The van der Waals surface area contributed by atoms with Crippen molar-refractivity contribution in [2.45, 2.75) is 31.7 Å². The number of phenols is 1. The van der Waals surface area contributed by atoms with Gasteiger partial charge in [-0.05, 0) is 61.4 Å². The van der Waals surface area contributed by atoms with Crippen molar-refractivity contribution in [1.29, 1.82) is 0 Å². The number of phenolic OH excluding ortho intramolecular Hbond substituents is 1. The molecule has 1 aliphatic carbocycles. The molecule has 1 fully saturated rings. The summed E-state index contributed by atoms with van der Waals surface area (Å²) in [6.45, 7) is 1.18. The molecule has 1 aromatic carbocycles. The summed E-state index contributed by atoms with van der Waals surface area (Å²) in [7, 11) is 0. The molecule has 1 saturated heterocycles. The first-order chi connectivity index (χ1) is 7.33. The molecule has 2 N–H and O–H groups in total. The van der Waals surface area contributed by atoms with Gasteiger partial charge < -0.3 is 10.4 Å². The Morgan fingerprint density at radius 3 is 2.94 bits per heavy atom. The second kappa shape index (κ2) is 4.76. The Labute approximate surface area is 107 Å². The van der Waals surface area contributed by atoms with Crippen molar-refractivity contribution in [2.75, 3.05) is 6.54 Å². The van der Waals surface area contributed by atoms with Gasteiger partial charge in [0, 0.05) is 6.04 Å². The normalized spacial score (nSPS) is 27.5. The molecule has 2 nitrogen and oxygen atoms in total. The lowest BCUT2D eigenvalue weighted by molar-refractivity contribution is 0.263. The second-order valence-corrected chi connectivity index (χ2v) is 4.82. The van der Waals surface area contributed by atoms with E-state index in [1.54, 1.807) is 0 Å². The number of rotatable bonds is 0. The van der Waals surface area contributed by atoms with Crippen molar-refractivity contribution < 1.29 is 5.11 Å². The Bertz CT molecular complexity index is 380. The average molecular weight is 284 g/mol. The Morgan fingerprint density at radius 2 is 2.06 bits per heavy atom. The maximum absolute atomic E-state index is 9.47. The predicted octanol–water partition coefficient (Wildman–Crippen LogP) is 2.44. The van der Waals surface area contributed by atoms with E-state index < -0.39 is 0 Å². The lowest BCUT2D eigenvalue weighted by Crippen LogP contribution is -2.45. The van der Waals surface area contributed by atoms with Gasteiger partial charge in [0.25, 0.3) is 0 Å². The predicted molar refractivity (Wildman–Crippen MR) is 70.4 cm³/mol. The van der Waals surface area contributed by atoms with Crippen LogP contribution in [0.1, 0.15) is 24.0 Å². The maximum Gasteiger partial charge on any atom is 0.115 e. The number of piperidine rings is 1. The third-order valence-electron chi connectivity index (χ3n) is 3.84. The minimum Gasteiger partial charge on any atom is -0.508 e. The largest absolute Gasteiger partial charge is 0.508 e. The summed E-state index contributed by atoms with van der Waals surface area (Å²) < 4.78 is 0. The third kappa shape index (κ3) is 2.11. The molecular weight excluding hydrogens is 266 g/mol. The molecule has 0 spiro atoms. The zero-order valence-corrected chi connectivity index (χ0v) is 11.0. The van der Waals surface area contributed by atoms with Crippen LogP contribution < -0.4 is 5.32 Å². The number of aromatic hydroxyl groups is 1. The molecule has 88 valence electrons. The van der Waals surface area contributed by atoms with Crippen molar-refractivity contribution in [3.05, 3.63) is 29.3 Å². The molecule has 0 amide bonds. The minimum atomic E-state index is 0. The summed E-state index contributed by atoms with van der Waals surface area (Å²) in [5.74, 6) is 1.20. The van der Waals surface area contributed by atoms with Gasteiger partial charge in [0.15, 0.2) is 0 Å². The van der Waals surface area contributed by atoms with Crippen LogP contribution >= 0.6 is 17.0 Å². The molecule has 1 aliphatic heterocycles. The summed E-state index contributed by atoms with van der Waals surface area (Å²) >= 11 is 0. The van der Waals surface area contributed by atoms with Crippen LogP contribution in [0.15, 0.2) is 18.2 Å². The highest BCUT2D eigenvalue weighted by molar-refractivity contribution is 8.93.